The summed E-state index contributed by atoms with van der Waals surface area (Å²) in [7, 11) is 0. The SMILES string of the molecule is CCC(CC)(CN)Nc1c(Br)cncc1[N+](=O)[O-]. The molecule has 1 heterocycles. The van der Waals surface area contributed by atoms with Gasteiger partial charge in [-0.05, 0) is 28.8 Å². The molecule has 0 aliphatic carbocycles. The summed E-state index contributed by atoms with van der Waals surface area (Å²) < 4.78 is 0.566. The third kappa shape index (κ3) is 2.97. The van der Waals surface area contributed by atoms with Crippen molar-refractivity contribution in [2.24, 2.45) is 5.73 Å². The molecule has 18 heavy (non-hydrogen) atoms. The Morgan fingerprint density at radius 2 is 2.11 bits per heavy atom. The average molecular weight is 317 g/mol. The summed E-state index contributed by atoms with van der Waals surface area (Å²) >= 11 is 3.29. The van der Waals surface area contributed by atoms with E-state index in [9.17, 15) is 10.1 Å². The van der Waals surface area contributed by atoms with Crippen LogP contribution in [0, 0.1) is 10.1 Å². The van der Waals surface area contributed by atoms with Gasteiger partial charge in [-0.3, -0.25) is 15.1 Å². The van der Waals surface area contributed by atoms with E-state index >= 15 is 0 Å². The van der Waals surface area contributed by atoms with Gasteiger partial charge < -0.3 is 11.1 Å². The number of pyridine rings is 1. The van der Waals surface area contributed by atoms with Crippen LogP contribution < -0.4 is 11.1 Å². The zero-order valence-electron chi connectivity index (χ0n) is 10.4. The van der Waals surface area contributed by atoms with E-state index in [-0.39, 0.29) is 11.2 Å². The highest BCUT2D eigenvalue weighted by atomic mass is 79.9. The van der Waals surface area contributed by atoms with Crippen LogP contribution in [0.3, 0.4) is 0 Å². The number of aromatic nitrogens is 1. The van der Waals surface area contributed by atoms with E-state index in [1.165, 1.54) is 12.4 Å². The Hall–Kier alpha value is -1.21. The Kier molecular flexibility index (Phi) is 5.03. The molecule has 0 aliphatic heterocycles. The normalized spacial score (nSPS) is 11.3. The van der Waals surface area contributed by atoms with Crippen molar-refractivity contribution in [3.8, 4) is 0 Å². The number of anilines is 1. The van der Waals surface area contributed by atoms with E-state index in [1.807, 2.05) is 13.8 Å². The van der Waals surface area contributed by atoms with Gasteiger partial charge in [0.1, 0.15) is 11.9 Å². The fraction of sp³-hybridized carbons (Fsp3) is 0.545. The fourth-order valence-corrected chi connectivity index (χ4v) is 2.14. The summed E-state index contributed by atoms with van der Waals surface area (Å²) in [6.07, 6.45) is 4.33. The number of halogens is 1. The number of hydrogen-bond donors (Lipinski definition) is 2. The van der Waals surface area contributed by atoms with Crippen LogP contribution in [0.25, 0.3) is 0 Å². The molecule has 0 amide bonds. The van der Waals surface area contributed by atoms with Crippen LogP contribution in [-0.2, 0) is 0 Å². The maximum absolute atomic E-state index is 11.0. The number of nitrogens with zero attached hydrogens (tertiary/aromatic N) is 2. The second-order valence-electron chi connectivity index (χ2n) is 4.09. The van der Waals surface area contributed by atoms with Crippen LogP contribution in [-0.4, -0.2) is 22.0 Å². The summed E-state index contributed by atoms with van der Waals surface area (Å²) in [5, 5.41) is 14.2. The zero-order chi connectivity index (χ0) is 13.8. The van der Waals surface area contributed by atoms with Gasteiger partial charge in [0.25, 0.3) is 0 Å². The first-order valence-electron chi connectivity index (χ1n) is 5.75. The molecule has 0 aliphatic rings. The summed E-state index contributed by atoms with van der Waals surface area (Å²) in [5.74, 6) is 0. The third-order valence-electron chi connectivity index (χ3n) is 3.21. The summed E-state index contributed by atoms with van der Waals surface area (Å²) in [4.78, 5) is 14.4. The van der Waals surface area contributed by atoms with E-state index in [1.54, 1.807) is 0 Å². The molecule has 1 rings (SSSR count). The first-order valence-corrected chi connectivity index (χ1v) is 6.55. The predicted molar refractivity (Wildman–Crippen MR) is 74.6 cm³/mol. The lowest BCUT2D eigenvalue weighted by molar-refractivity contribution is -0.384. The second-order valence-corrected chi connectivity index (χ2v) is 4.94. The molecule has 0 bridgehead atoms. The van der Waals surface area contributed by atoms with Crippen LogP contribution in [0.15, 0.2) is 16.9 Å². The maximum atomic E-state index is 11.0. The minimum absolute atomic E-state index is 0.0518. The molecule has 0 fully saturated rings. The van der Waals surface area contributed by atoms with Gasteiger partial charge in [-0.25, -0.2) is 0 Å². The highest BCUT2D eigenvalue weighted by molar-refractivity contribution is 9.10. The Morgan fingerprint density at radius 1 is 1.50 bits per heavy atom. The fourth-order valence-electron chi connectivity index (χ4n) is 1.72. The van der Waals surface area contributed by atoms with Crippen molar-refractivity contribution < 1.29 is 4.92 Å². The summed E-state index contributed by atoms with van der Waals surface area (Å²) in [5.41, 5.74) is 5.83. The van der Waals surface area contributed by atoms with Crippen molar-refractivity contribution in [2.45, 2.75) is 32.2 Å². The Labute approximate surface area is 114 Å². The van der Waals surface area contributed by atoms with E-state index in [2.05, 4.69) is 26.2 Å². The standard InChI is InChI=1S/C11H17BrN4O2/c1-3-11(4-2,7-13)15-10-8(12)5-14-6-9(10)16(17)18/h5-6H,3-4,7,13H2,1-2H3,(H,14,15). The van der Waals surface area contributed by atoms with E-state index < -0.39 is 4.92 Å². The topological polar surface area (TPSA) is 94.1 Å². The Morgan fingerprint density at radius 3 is 2.56 bits per heavy atom. The van der Waals surface area contributed by atoms with Crippen molar-refractivity contribution in [3.63, 3.8) is 0 Å². The number of hydrogen-bond acceptors (Lipinski definition) is 5. The predicted octanol–water partition coefficient (Wildman–Crippen LogP) is 2.68. The highest BCUT2D eigenvalue weighted by Crippen LogP contribution is 2.34. The van der Waals surface area contributed by atoms with Gasteiger partial charge in [-0.1, -0.05) is 13.8 Å². The van der Waals surface area contributed by atoms with Crippen molar-refractivity contribution in [1.82, 2.24) is 4.98 Å². The number of nitrogens with one attached hydrogen (secondary N) is 1. The molecule has 0 radical (unpaired) electrons. The lowest BCUT2D eigenvalue weighted by Gasteiger charge is -2.32. The van der Waals surface area contributed by atoms with Crippen molar-refractivity contribution in [2.75, 3.05) is 11.9 Å². The smallest absolute Gasteiger partial charge is 0.311 e. The van der Waals surface area contributed by atoms with E-state index in [0.717, 1.165) is 12.8 Å². The average Bonchev–Trinajstić information content (AvgIpc) is 2.37. The summed E-state index contributed by atoms with van der Waals surface area (Å²) in [6, 6.07) is 0. The third-order valence-corrected chi connectivity index (χ3v) is 3.81. The van der Waals surface area contributed by atoms with Crippen LogP contribution in [0.4, 0.5) is 11.4 Å². The van der Waals surface area contributed by atoms with Crippen molar-refractivity contribution in [1.29, 1.82) is 0 Å². The molecule has 1 aromatic rings. The van der Waals surface area contributed by atoms with Gasteiger partial charge in [-0.15, -0.1) is 0 Å². The number of rotatable bonds is 6. The van der Waals surface area contributed by atoms with Crippen LogP contribution in [0.2, 0.25) is 0 Å². The molecule has 3 N–H and O–H groups in total. The monoisotopic (exact) mass is 316 g/mol. The van der Waals surface area contributed by atoms with Gasteiger partial charge in [0.15, 0.2) is 0 Å². The first-order chi connectivity index (χ1) is 8.49. The lowest BCUT2D eigenvalue weighted by Crippen LogP contribution is -2.44. The zero-order valence-corrected chi connectivity index (χ0v) is 12.0. The summed E-state index contributed by atoms with van der Waals surface area (Å²) in [6.45, 7) is 4.42. The first kappa shape index (κ1) is 14.8. The molecule has 0 spiro atoms. The van der Waals surface area contributed by atoms with Gasteiger partial charge in [0, 0.05) is 18.3 Å². The van der Waals surface area contributed by atoms with E-state index in [0.29, 0.717) is 16.7 Å². The van der Waals surface area contributed by atoms with E-state index in [4.69, 9.17) is 5.73 Å². The van der Waals surface area contributed by atoms with Crippen molar-refractivity contribution in [3.05, 3.63) is 27.0 Å². The van der Waals surface area contributed by atoms with Crippen LogP contribution in [0.1, 0.15) is 26.7 Å². The highest BCUT2D eigenvalue weighted by Gasteiger charge is 2.28. The molecule has 0 aromatic carbocycles. The number of nitrogens with two attached hydrogens (primary N) is 1. The van der Waals surface area contributed by atoms with Crippen LogP contribution in [0.5, 0.6) is 0 Å². The van der Waals surface area contributed by atoms with Gasteiger partial charge in [0.05, 0.1) is 9.40 Å². The minimum Gasteiger partial charge on any atom is -0.372 e. The molecule has 6 nitrogen and oxygen atoms in total. The Bertz CT molecular complexity index is 427. The molecular formula is C11H17BrN4O2. The molecule has 7 heteroatoms. The molecule has 0 saturated heterocycles. The quantitative estimate of drug-likeness (QED) is 0.621. The molecule has 100 valence electrons. The van der Waals surface area contributed by atoms with Crippen LogP contribution >= 0.6 is 15.9 Å². The second kappa shape index (κ2) is 6.10. The molecule has 0 saturated carbocycles. The molecule has 1 aromatic heterocycles. The molecule has 0 atom stereocenters. The van der Waals surface area contributed by atoms with Gasteiger partial charge in [0.2, 0.25) is 0 Å². The molecular weight excluding hydrogens is 300 g/mol. The lowest BCUT2D eigenvalue weighted by atomic mass is 9.92. The maximum Gasteiger partial charge on any atom is 0.311 e. The largest absolute Gasteiger partial charge is 0.372 e. The molecule has 0 unspecified atom stereocenters. The van der Waals surface area contributed by atoms with Crippen molar-refractivity contribution >= 4 is 27.3 Å². The van der Waals surface area contributed by atoms with Gasteiger partial charge >= 0.3 is 5.69 Å². The Balaban J connectivity index is 3.20. The number of nitro groups is 1. The van der Waals surface area contributed by atoms with Gasteiger partial charge in [-0.2, -0.15) is 0 Å². The minimum atomic E-state index is -0.452.